The number of likely N-dealkylation sites (tertiary alicyclic amines) is 1. The molecule has 1 aliphatic rings. The van der Waals surface area contributed by atoms with Crippen molar-refractivity contribution in [3.63, 3.8) is 0 Å². The zero-order chi connectivity index (χ0) is 25.1. The van der Waals surface area contributed by atoms with Crippen LogP contribution >= 0.6 is 34.9 Å². The van der Waals surface area contributed by atoms with E-state index < -0.39 is 0 Å². The second-order valence-electron chi connectivity index (χ2n) is 8.65. The van der Waals surface area contributed by atoms with Crippen molar-refractivity contribution in [1.82, 2.24) is 14.9 Å². The molecule has 0 spiro atoms. The van der Waals surface area contributed by atoms with Gasteiger partial charge in [-0.1, -0.05) is 11.3 Å². The predicted octanol–water partition coefficient (Wildman–Crippen LogP) is 5.01. The van der Waals surface area contributed by atoms with E-state index in [-0.39, 0.29) is 11.7 Å². The van der Waals surface area contributed by atoms with E-state index in [9.17, 15) is 9.59 Å². The first-order chi connectivity index (χ1) is 16.7. The molecule has 8 nitrogen and oxygen atoms in total. The lowest BCUT2D eigenvalue weighted by atomic mass is 9.98. The second-order valence-corrected chi connectivity index (χ2v) is 10.9. The number of aryl methyl sites for hydroxylation is 1. The van der Waals surface area contributed by atoms with Crippen LogP contribution in [0.15, 0.2) is 29.6 Å². The maximum Gasteiger partial charge on any atom is 0.276 e. The number of nitrogens with one attached hydrogen (secondary N) is 2. The van der Waals surface area contributed by atoms with Crippen LogP contribution in [0.25, 0.3) is 0 Å². The third-order valence-corrected chi connectivity index (χ3v) is 8.40. The van der Waals surface area contributed by atoms with Crippen molar-refractivity contribution >= 4 is 68.2 Å². The Hall–Kier alpha value is -2.89. The summed E-state index contributed by atoms with van der Waals surface area (Å²) in [7, 11) is 4.03. The number of carbonyl (C=O) groups excluding carboxylic acids is 2. The van der Waals surface area contributed by atoms with Crippen LogP contribution in [0.3, 0.4) is 0 Å². The number of aromatic nitrogens is 2. The number of hydrogen-bond acceptors (Lipinski definition) is 8. The average molecular weight is 529 g/mol. The Morgan fingerprint density at radius 2 is 1.80 bits per heavy atom. The van der Waals surface area contributed by atoms with Crippen LogP contribution in [0.4, 0.5) is 16.5 Å². The number of nitrogens with zero attached hydrogens (tertiary/aromatic N) is 4. The maximum absolute atomic E-state index is 12.7. The van der Waals surface area contributed by atoms with Gasteiger partial charge in [-0.05, 0) is 56.2 Å². The van der Waals surface area contributed by atoms with E-state index >= 15 is 0 Å². The highest BCUT2D eigenvalue weighted by Gasteiger charge is 2.25. The number of benzene rings is 1. The SMILES string of the molecule is CC(=O)c1sc(NC(=O)c2csc(C3CCN(C(=S)Nc4ccc(N(C)C)cc4)CC3)n2)nc1C. The molecule has 1 amide bonds. The fourth-order valence-electron chi connectivity index (χ4n) is 3.89. The summed E-state index contributed by atoms with van der Waals surface area (Å²) in [5, 5.41) is 9.99. The van der Waals surface area contributed by atoms with Crippen LogP contribution in [0.2, 0.25) is 0 Å². The number of anilines is 3. The van der Waals surface area contributed by atoms with Gasteiger partial charge in [0.2, 0.25) is 0 Å². The van der Waals surface area contributed by atoms with Crippen LogP contribution in [0.1, 0.15) is 56.5 Å². The molecule has 0 unspecified atom stereocenters. The number of Topliss-reactive ketones (excluding diaryl/α,β-unsaturated/α-hetero) is 1. The van der Waals surface area contributed by atoms with E-state index in [4.69, 9.17) is 12.2 Å². The summed E-state index contributed by atoms with van der Waals surface area (Å²) < 4.78 is 0. The second kappa shape index (κ2) is 10.8. The Balaban J connectivity index is 1.30. The summed E-state index contributed by atoms with van der Waals surface area (Å²) >= 11 is 8.33. The van der Waals surface area contributed by atoms with Gasteiger partial charge in [0.15, 0.2) is 16.0 Å². The molecule has 184 valence electrons. The number of piperidine rings is 1. The van der Waals surface area contributed by atoms with E-state index in [2.05, 4.69) is 42.5 Å². The Labute approximate surface area is 218 Å². The van der Waals surface area contributed by atoms with Crippen molar-refractivity contribution in [2.45, 2.75) is 32.6 Å². The van der Waals surface area contributed by atoms with Gasteiger partial charge in [0, 0.05) is 56.8 Å². The van der Waals surface area contributed by atoms with Crippen molar-refractivity contribution in [3.05, 3.63) is 50.9 Å². The largest absolute Gasteiger partial charge is 0.378 e. The number of hydrogen-bond donors (Lipinski definition) is 2. The number of thiocarbonyl (C=S) groups is 1. The lowest BCUT2D eigenvalue weighted by Gasteiger charge is -2.33. The average Bonchev–Trinajstić information content (AvgIpc) is 3.46. The molecule has 35 heavy (non-hydrogen) atoms. The molecule has 3 heterocycles. The standard InChI is InChI=1S/C24H28N6O2S3/c1-14-20(15(2)31)35-23(25-14)28-21(32)19-13-34-22(27-19)16-9-11-30(12-10-16)24(33)26-17-5-7-18(8-6-17)29(3)4/h5-8,13,16H,9-12H2,1-4H3,(H,26,33)(H,25,28,32). The van der Waals surface area contributed by atoms with Crippen molar-refractivity contribution in [2.24, 2.45) is 0 Å². The number of rotatable bonds is 6. The minimum Gasteiger partial charge on any atom is -0.378 e. The maximum atomic E-state index is 12.7. The molecule has 2 aromatic heterocycles. The van der Waals surface area contributed by atoms with Crippen LogP contribution in [-0.2, 0) is 0 Å². The van der Waals surface area contributed by atoms with Crippen molar-refractivity contribution in [1.29, 1.82) is 0 Å². The third kappa shape index (κ3) is 6.03. The monoisotopic (exact) mass is 528 g/mol. The lowest BCUT2D eigenvalue weighted by Crippen LogP contribution is -2.40. The normalized spacial score (nSPS) is 14.0. The molecule has 0 bridgehead atoms. The minimum absolute atomic E-state index is 0.0558. The summed E-state index contributed by atoms with van der Waals surface area (Å²) in [5.74, 6) is -0.0643. The highest BCUT2D eigenvalue weighted by Crippen LogP contribution is 2.31. The molecule has 0 radical (unpaired) electrons. The third-order valence-electron chi connectivity index (χ3n) is 5.86. The molecule has 1 aliphatic heterocycles. The van der Waals surface area contributed by atoms with Crippen LogP contribution in [-0.4, -0.2) is 58.9 Å². The van der Waals surface area contributed by atoms with Gasteiger partial charge in [-0.2, -0.15) is 0 Å². The molecular formula is C24H28N6O2S3. The molecule has 0 saturated carbocycles. The van der Waals surface area contributed by atoms with Crippen molar-refractivity contribution < 1.29 is 9.59 Å². The zero-order valence-corrected chi connectivity index (χ0v) is 22.6. The molecule has 0 aliphatic carbocycles. The minimum atomic E-state index is -0.306. The van der Waals surface area contributed by atoms with Gasteiger partial charge in [-0.3, -0.25) is 14.9 Å². The van der Waals surface area contributed by atoms with E-state index in [1.54, 1.807) is 12.3 Å². The molecule has 1 saturated heterocycles. The highest BCUT2D eigenvalue weighted by atomic mass is 32.1. The van der Waals surface area contributed by atoms with E-state index in [1.807, 2.05) is 26.2 Å². The fourth-order valence-corrected chi connectivity index (χ4v) is 6.02. The zero-order valence-electron chi connectivity index (χ0n) is 20.1. The first kappa shape index (κ1) is 25.2. The first-order valence-electron chi connectivity index (χ1n) is 11.3. The summed E-state index contributed by atoms with van der Waals surface area (Å²) in [6, 6.07) is 8.19. The molecule has 1 aromatic carbocycles. The number of carbonyl (C=O) groups is 2. The topological polar surface area (TPSA) is 90.5 Å². The van der Waals surface area contributed by atoms with Gasteiger partial charge < -0.3 is 15.1 Å². The smallest absolute Gasteiger partial charge is 0.276 e. The van der Waals surface area contributed by atoms with Gasteiger partial charge in [0.25, 0.3) is 5.91 Å². The number of ketones is 1. The van der Waals surface area contributed by atoms with Gasteiger partial charge in [-0.15, -0.1) is 11.3 Å². The summed E-state index contributed by atoms with van der Waals surface area (Å²) in [6.45, 7) is 4.92. The quantitative estimate of drug-likeness (QED) is 0.341. The Morgan fingerprint density at radius 1 is 1.11 bits per heavy atom. The van der Waals surface area contributed by atoms with Gasteiger partial charge >= 0.3 is 0 Å². The van der Waals surface area contributed by atoms with Crippen molar-refractivity contribution in [2.75, 3.05) is 42.7 Å². The van der Waals surface area contributed by atoms with E-state index in [0.29, 0.717) is 27.3 Å². The first-order valence-corrected chi connectivity index (χ1v) is 13.4. The molecule has 3 aromatic rings. The lowest BCUT2D eigenvalue weighted by molar-refractivity contribution is 0.101. The summed E-state index contributed by atoms with van der Waals surface area (Å²) in [5.41, 5.74) is 3.12. The van der Waals surface area contributed by atoms with Crippen LogP contribution in [0, 0.1) is 6.92 Å². The Morgan fingerprint density at radius 3 is 2.40 bits per heavy atom. The molecular weight excluding hydrogens is 501 g/mol. The summed E-state index contributed by atoms with van der Waals surface area (Å²) in [6.07, 6.45) is 1.84. The predicted molar refractivity (Wildman–Crippen MR) is 147 cm³/mol. The fraction of sp³-hybridized carbons (Fsp3) is 0.375. The molecule has 0 atom stereocenters. The Bertz CT molecular complexity index is 1230. The summed E-state index contributed by atoms with van der Waals surface area (Å²) in [4.78, 5) is 38.0. The van der Waals surface area contributed by atoms with E-state index in [1.165, 1.54) is 29.6 Å². The molecule has 11 heteroatoms. The molecule has 4 rings (SSSR count). The van der Waals surface area contributed by atoms with Crippen LogP contribution in [0.5, 0.6) is 0 Å². The van der Waals surface area contributed by atoms with E-state index in [0.717, 1.165) is 47.4 Å². The van der Waals surface area contributed by atoms with Gasteiger partial charge in [0.05, 0.1) is 15.6 Å². The van der Waals surface area contributed by atoms with Gasteiger partial charge in [-0.25, -0.2) is 9.97 Å². The van der Waals surface area contributed by atoms with Crippen molar-refractivity contribution in [3.8, 4) is 0 Å². The molecule has 2 N–H and O–H groups in total. The highest BCUT2D eigenvalue weighted by molar-refractivity contribution is 7.80. The number of amides is 1. The number of thiazole rings is 2. The Kier molecular flexibility index (Phi) is 7.78. The molecule has 1 fully saturated rings. The van der Waals surface area contributed by atoms with Gasteiger partial charge in [0.1, 0.15) is 5.69 Å². The van der Waals surface area contributed by atoms with Crippen LogP contribution < -0.4 is 15.5 Å².